The van der Waals surface area contributed by atoms with Crippen molar-refractivity contribution in [3.05, 3.63) is 42.7 Å². The number of hydrogen-bond donors (Lipinski definition) is 2. The molecule has 2 N–H and O–H groups in total. The highest BCUT2D eigenvalue weighted by molar-refractivity contribution is 7.90. The number of nitrogens with one attached hydrogen (secondary N) is 1. The minimum Gasteiger partial charge on any atom is -0.388 e. The molecule has 0 aliphatic heterocycles. The summed E-state index contributed by atoms with van der Waals surface area (Å²) in [7, 11) is -3.45. The van der Waals surface area contributed by atoms with E-state index >= 15 is 0 Å². The van der Waals surface area contributed by atoms with Crippen LogP contribution in [0.15, 0.2) is 36.9 Å². The van der Waals surface area contributed by atoms with Gasteiger partial charge in [-0.25, -0.2) is 28.4 Å². The maximum Gasteiger partial charge on any atom is 0.256 e. The van der Waals surface area contributed by atoms with Crippen LogP contribution in [0.25, 0.3) is 22.4 Å². The number of aromatic nitrogens is 7. The molecule has 11 nitrogen and oxygen atoms in total. The smallest absolute Gasteiger partial charge is 0.256 e. The lowest BCUT2D eigenvalue weighted by Gasteiger charge is -2.20. The van der Waals surface area contributed by atoms with Crippen molar-refractivity contribution in [1.82, 2.24) is 33.7 Å². The van der Waals surface area contributed by atoms with Crippen LogP contribution in [0.1, 0.15) is 45.5 Å². The van der Waals surface area contributed by atoms with Crippen LogP contribution in [0.4, 0.5) is 11.6 Å². The molecular formula is C22H26N8O3S. The first-order valence-electron chi connectivity index (χ1n) is 11.1. The van der Waals surface area contributed by atoms with Crippen LogP contribution in [0.5, 0.6) is 0 Å². The van der Waals surface area contributed by atoms with Crippen molar-refractivity contribution >= 4 is 32.7 Å². The average molecular weight is 483 g/mol. The second-order valence-corrected chi connectivity index (χ2v) is 10.9. The van der Waals surface area contributed by atoms with E-state index in [2.05, 4.69) is 51.1 Å². The van der Waals surface area contributed by atoms with Gasteiger partial charge in [0.2, 0.25) is 0 Å². The monoisotopic (exact) mass is 482 g/mol. The van der Waals surface area contributed by atoms with Crippen molar-refractivity contribution in [2.24, 2.45) is 5.92 Å². The molecule has 1 aliphatic rings. The summed E-state index contributed by atoms with van der Waals surface area (Å²) in [4.78, 5) is 17.7. The third kappa shape index (κ3) is 4.03. The highest BCUT2D eigenvalue weighted by Crippen LogP contribution is 2.31. The Balaban J connectivity index is 1.44. The molecule has 5 rings (SSSR count). The van der Waals surface area contributed by atoms with Crippen molar-refractivity contribution in [2.75, 3.05) is 5.32 Å². The average Bonchev–Trinajstić information content (AvgIpc) is 3.45. The van der Waals surface area contributed by atoms with Crippen molar-refractivity contribution in [3.63, 3.8) is 0 Å². The molecule has 34 heavy (non-hydrogen) atoms. The summed E-state index contributed by atoms with van der Waals surface area (Å²) < 4.78 is 27.9. The third-order valence-corrected chi connectivity index (χ3v) is 8.13. The zero-order valence-corrected chi connectivity index (χ0v) is 19.9. The number of imidazole rings is 1. The van der Waals surface area contributed by atoms with Gasteiger partial charge in [0.25, 0.3) is 10.0 Å². The van der Waals surface area contributed by atoms with Crippen molar-refractivity contribution in [2.45, 2.75) is 51.5 Å². The summed E-state index contributed by atoms with van der Waals surface area (Å²) in [6.07, 6.45) is 7.48. The number of aliphatic hydroxyl groups is 1. The van der Waals surface area contributed by atoms with Crippen molar-refractivity contribution in [1.29, 1.82) is 0 Å². The Morgan fingerprint density at radius 2 is 1.94 bits per heavy atom. The van der Waals surface area contributed by atoms with E-state index in [9.17, 15) is 13.5 Å². The van der Waals surface area contributed by atoms with Gasteiger partial charge in [0.15, 0.2) is 5.82 Å². The molecule has 0 amide bonds. The second-order valence-electron chi connectivity index (χ2n) is 8.84. The van der Waals surface area contributed by atoms with E-state index in [1.165, 1.54) is 12.4 Å². The van der Waals surface area contributed by atoms with E-state index in [1.807, 2.05) is 10.6 Å². The number of rotatable bonds is 8. The van der Waals surface area contributed by atoms with Gasteiger partial charge in [-0.15, -0.1) is 0 Å². The van der Waals surface area contributed by atoms with E-state index in [-0.39, 0.29) is 17.9 Å². The van der Waals surface area contributed by atoms with E-state index in [1.54, 1.807) is 18.5 Å². The van der Waals surface area contributed by atoms with E-state index in [4.69, 9.17) is 0 Å². The molecule has 4 aromatic heterocycles. The van der Waals surface area contributed by atoms with E-state index in [0.717, 1.165) is 9.60 Å². The topological polar surface area (TPSA) is 141 Å². The first-order chi connectivity index (χ1) is 16.3. The molecule has 0 spiro atoms. The number of pyridine rings is 1. The maximum absolute atomic E-state index is 12.4. The van der Waals surface area contributed by atoms with Crippen LogP contribution >= 0.6 is 0 Å². The molecule has 0 aromatic carbocycles. The van der Waals surface area contributed by atoms with E-state index < -0.39 is 10.0 Å². The van der Waals surface area contributed by atoms with Crippen molar-refractivity contribution < 1.29 is 13.5 Å². The molecule has 1 saturated carbocycles. The van der Waals surface area contributed by atoms with Gasteiger partial charge in [0.1, 0.15) is 29.6 Å². The fraction of sp³-hybridized carbons (Fsp3) is 0.409. The lowest BCUT2D eigenvalue weighted by Crippen LogP contribution is -2.17. The molecule has 0 saturated heterocycles. The highest BCUT2D eigenvalue weighted by atomic mass is 32.2. The SMILES string of the molecule is CC(C)C(C)n1c(CO)nc2cnc(Nc3ccnc(-c4cnn(S(=O)(=O)C5CC5)c4)n3)cc21. The quantitative estimate of drug-likeness (QED) is 0.388. The standard InChI is InChI=1S/C22H26N8O3S/c1-13(2)14(3)30-18-8-20(24-10-17(18)26-21(30)12-31)27-19-6-7-23-22(28-19)15-9-25-29(11-15)34(32,33)16-4-5-16/h6-11,13-14,16,31H,4-5,12H2,1-3H3,(H,23,24,27,28). The predicted octanol–water partition coefficient (Wildman–Crippen LogP) is 2.88. The van der Waals surface area contributed by atoms with Gasteiger partial charge < -0.3 is 15.0 Å². The van der Waals surface area contributed by atoms with Crippen LogP contribution in [0.3, 0.4) is 0 Å². The summed E-state index contributed by atoms with van der Waals surface area (Å²) in [6, 6.07) is 3.72. The number of hydrogen-bond acceptors (Lipinski definition) is 9. The summed E-state index contributed by atoms with van der Waals surface area (Å²) in [5.74, 6) is 2.36. The Labute approximate surface area is 197 Å². The Morgan fingerprint density at radius 1 is 1.15 bits per heavy atom. The molecule has 1 fully saturated rings. The highest BCUT2D eigenvalue weighted by Gasteiger charge is 2.37. The third-order valence-electron chi connectivity index (χ3n) is 6.10. The van der Waals surface area contributed by atoms with Crippen LogP contribution in [-0.4, -0.2) is 52.5 Å². The van der Waals surface area contributed by atoms with Gasteiger partial charge in [-0.2, -0.15) is 9.19 Å². The van der Waals surface area contributed by atoms with Crippen molar-refractivity contribution in [3.8, 4) is 11.4 Å². The number of aliphatic hydroxyl groups excluding tert-OH is 1. The van der Waals surface area contributed by atoms with Gasteiger partial charge in [-0.3, -0.25) is 0 Å². The minimum absolute atomic E-state index is 0.136. The maximum atomic E-state index is 12.4. The van der Waals surface area contributed by atoms with Crippen LogP contribution in [0, 0.1) is 5.92 Å². The zero-order valence-electron chi connectivity index (χ0n) is 19.1. The normalized spacial score (nSPS) is 15.2. The molecule has 12 heteroatoms. The summed E-state index contributed by atoms with van der Waals surface area (Å²) in [5, 5.41) is 16.6. The molecular weight excluding hydrogens is 456 g/mol. The summed E-state index contributed by atoms with van der Waals surface area (Å²) in [5.41, 5.74) is 2.08. The van der Waals surface area contributed by atoms with Crippen LogP contribution in [0.2, 0.25) is 0 Å². The molecule has 4 heterocycles. The summed E-state index contributed by atoms with van der Waals surface area (Å²) in [6.45, 7) is 6.18. The molecule has 0 bridgehead atoms. The van der Waals surface area contributed by atoms with Crippen LogP contribution in [-0.2, 0) is 16.6 Å². The Kier molecular flexibility index (Phi) is 5.56. The number of nitrogens with zero attached hydrogens (tertiary/aromatic N) is 7. The number of fused-ring (bicyclic) bond motifs is 1. The second kappa shape index (κ2) is 8.44. The lowest BCUT2D eigenvalue weighted by atomic mass is 10.1. The molecule has 4 aromatic rings. The molecule has 0 radical (unpaired) electrons. The molecule has 1 atom stereocenters. The van der Waals surface area contributed by atoms with Gasteiger partial charge in [0, 0.05) is 18.3 Å². The fourth-order valence-corrected chi connectivity index (χ4v) is 5.23. The fourth-order valence-electron chi connectivity index (χ4n) is 3.76. The minimum atomic E-state index is -3.45. The molecule has 178 valence electrons. The Bertz CT molecular complexity index is 1460. The molecule has 1 unspecified atom stereocenters. The lowest BCUT2D eigenvalue weighted by molar-refractivity contribution is 0.257. The Morgan fingerprint density at radius 3 is 2.65 bits per heavy atom. The number of anilines is 2. The van der Waals surface area contributed by atoms with Gasteiger partial charge in [-0.1, -0.05) is 13.8 Å². The first-order valence-corrected chi connectivity index (χ1v) is 12.7. The zero-order chi connectivity index (χ0) is 24.0. The van der Waals surface area contributed by atoms with Gasteiger partial charge >= 0.3 is 0 Å². The van der Waals surface area contributed by atoms with Crippen LogP contribution < -0.4 is 5.32 Å². The Hall–Kier alpha value is -3.38. The van der Waals surface area contributed by atoms with Gasteiger partial charge in [-0.05, 0) is 31.7 Å². The van der Waals surface area contributed by atoms with Gasteiger partial charge in [0.05, 0.1) is 34.9 Å². The molecule has 1 aliphatic carbocycles. The first kappa shape index (κ1) is 22.4. The largest absolute Gasteiger partial charge is 0.388 e. The predicted molar refractivity (Wildman–Crippen MR) is 127 cm³/mol. The van der Waals surface area contributed by atoms with E-state index in [0.29, 0.717) is 53.1 Å². The summed E-state index contributed by atoms with van der Waals surface area (Å²) >= 11 is 0.